The van der Waals surface area contributed by atoms with E-state index in [1.807, 2.05) is 62.9 Å². The first-order valence-electron chi connectivity index (χ1n) is 9.48. The van der Waals surface area contributed by atoms with Gasteiger partial charge in [0.15, 0.2) is 0 Å². The number of hydrogen-bond acceptors (Lipinski definition) is 3. The second-order valence-corrected chi connectivity index (χ2v) is 7.24. The van der Waals surface area contributed by atoms with Crippen LogP contribution in [-0.2, 0) is 6.61 Å². The van der Waals surface area contributed by atoms with Crippen molar-refractivity contribution in [1.82, 2.24) is 4.98 Å². The lowest BCUT2D eigenvalue weighted by Crippen LogP contribution is -2.37. The van der Waals surface area contributed by atoms with E-state index in [-0.39, 0.29) is 11.9 Å². The van der Waals surface area contributed by atoms with Gasteiger partial charge in [-0.1, -0.05) is 24.3 Å². The number of nitrogens with zero attached hydrogens (tertiary/aromatic N) is 2. The SMILES string of the molecule is Cc1ccc(C)c(N(C(=O)c2cccc(OCc3cccnc3)c2)C(C)C)c1. The molecule has 4 nitrogen and oxygen atoms in total. The number of carbonyl (C=O) groups is 1. The molecular formula is C24H26N2O2. The molecule has 3 rings (SSSR count). The van der Waals surface area contributed by atoms with E-state index in [1.54, 1.807) is 18.5 Å². The summed E-state index contributed by atoms with van der Waals surface area (Å²) in [6.45, 7) is 8.55. The van der Waals surface area contributed by atoms with Crippen molar-refractivity contribution in [3.05, 3.63) is 89.2 Å². The molecule has 0 atom stereocenters. The predicted molar refractivity (Wildman–Crippen MR) is 113 cm³/mol. The molecule has 144 valence electrons. The number of amides is 1. The molecule has 1 amide bonds. The molecule has 0 aliphatic heterocycles. The van der Waals surface area contributed by atoms with Crippen molar-refractivity contribution in [3.8, 4) is 5.75 Å². The zero-order valence-corrected chi connectivity index (χ0v) is 16.8. The van der Waals surface area contributed by atoms with Crippen molar-refractivity contribution in [2.75, 3.05) is 4.90 Å². The summed E-state index contributed by atoms with van der Waals surface area (Å²) in [7, 11) is 0. The summed E-state index contributed by atoms with van der Waals surface area (Å²) in [6.07, 6.45) is 3.51. The third-order valence-corrected chi connectivity index (χ3v) is 4.57. The molecule has 0 saturated heterocycles. The van der Waals surface area contributed by atoms with E-state index in [2.05, 4.69) is 23.2 Å². The number of rotatable bonds is 6. The van der Waals surface area contributed by atoms with Gasteiger partial charge in [0.25, 0.3) is 5.91 Å². The number of ether oxygens (including phenoxy) is 1. The maximum Gasteiger partial charge on any atom is 0.258 e. The average Bonchev–Trinajstić information content (AvgIpc) is 2.70. The molecule has 0 bridgehead atoms. The van der Waals surface area contributed by atoms with Crippen LogP contribution in [0.15, 0.2) is 67.0 Å². The van der Waals surface area contributed by atoms with Crippen LogP contribution >= 0.6 is 0 Å². The Kier molecular flexibility index (Phi) is 6.09. The fourth-order valence-corrected chi connectivity index (χ4v) is 3.11. The first kappa shape index (κ1) is 19.6. The largest absolute Gasteiger partial charge is 0.489 e. The lowest BCUT2D eigenvalue weighted by Gasteiger charge is -2.29. The maximum absolute atomic E-state index is 13.3. The normalized spacial score (nSPS) is 10.8. The highest BCUT2D eigenvalue weighted by molar-refractivity contribution is 6.07. The van der Waals surface area contributed by atoms with Crippen LogP contribution in [0.2, 0.25) is 0 Å². The summed E-state index contributed by atoms with van der Waals surface area (Å²) < 4.78 is 5.86. The Labute approximate surface area is 166 Å². The van der Waals surface area contributed by atoms with Gasteiger partial charge >= 0.3 is 0 Å². The summed E-state index contributed by atoms with van der Waals surface area (Å²) in [6, 6.07) is 17.4. The van der Waals surface area contributed by atoms with Gasteiger partial charge in [-0.15, -0.1) is 0 Å². The second-order valence-electron chi connectivity index (χ2n) is 7.24. The summed E-state index contributed by atoms with van der Waals surface area (Å²) >= 11 is 0. The molecule has 28 heavy (non-hydrogen) atoms. The minimum atomic E-state index is -0.0319. The molecule has 3 aromatic rings. The lowest BCUT2D eigenvalue weighted by atomic mass is 10.1. The van der Waals surface area contributed by atoms with Gasteiger partial charge in [0.1, 0.15) is 12.4 Å². The van der Waals surface area contributed by atoms with E-state index in [1.165, 1.54) is 0 Å². The molecule has 0 spiro atoms. The lowest BCUT2D eigenvalue weighted by molar-refractivity contribution is 0.0979. The molecule has 0 saturated carbocycles. The third-order valence-electron chi connectivity index (χ3n) is 4.57. The summed E-state index contributed by atoms with van der Waals surface area (Å²) in [5, 5.41) is 0. The molecular weight excluding hydrogens is 348 g/mol. The van der Waals surface area contributed by atoms with Gasteiger partial charge < -0.3 is 9.64 Å². The topological polar surface area (TPSA) is 42.4 Å². The Morgan fingerprint density at radius 1 is 1.07 bits per heavy atom. The Morgan fingerprint density at radius 3 is 2.61 bits per heavy atom. The highest BCUT2D eigenvalue weighted by atomic mass is 16.5. The van der Waals surface area contributed by atoms with Crippen LogP contribution in [0.1, 0.15) is 40.9 Å². The third kappa shape index (κ3) is 4.58. The number of aryl methyl sites for hydroxylation is 2. The minimum Gasteiger partial charge on any atom is -0.489 e. The zero-order chi connectivity index (χ0) is 20.1. The van der Waals surface area contributed by atoms with Gasteiger partial charge in [0.2, 0.25) is 0 Å². The van der Waals surface area contributed by atoms with Gasteiger partial charge in [-0.05, 0) is 69.2 Å². The smallest absolute Gasteiger partial charge is 0.258 e. The number of hydrogen-bond donors (Lipinski definition) is 0. The van der Waals surface area contributed by atoms with Gasteiger partial charge in [-0.25, -0.2) is 0 Å². The van der Waals surface area contributed by atoms with E-state index in [4.69, 9.17) is 4.74 Å². The van der Waals surface area contributed by atoms with Crippen LogP contribution in [0.3, 0.4) is 0 Å². The number of pyridine rings is 1. The maximum atomic E-state index is 13.3. The Balaban J connectivity index is 1.84. The van der Waals surface area contributed by atoms with Crippen molar-refractivity contribution in [1.29, 1.82) is 0 Å². The Bertz CT molecular complexity index is 952. The number of carbonyl (C=O) groups excluding carboxylic acids is 1. The second kappa shape index (κ2) is 8.70. The van der Waals surface area contributed by atoms with E-state index in [9.17, 15) is 4.79 Å². The van der Waals surface area contributed by atoms with Gasteiger partial charge in [-0.3, -0.25) is 9.78 Å². The highest BCUT2D eigenvalue weighted by Gasteiger charge is 2.22. The molecule has 1 aromatic heterocycles. The summed E-state index contributed by atoms with van der Waals surface area (Å²) in [4.78, 5) is 19.3. The van der Waals surface area contributed by atoms with Crippen LogP contribution in [0, 0.1) is 13.8 Å². The Morgan fingerprint density at radius 2 is 1.89 bits per heavy atom. The monoisotopic (exact) mass is 374 g/mol. The first-order chi connectivity index (χ1) is 13.5. The average molecular weight is 374 g/mol. The molecule has 4 heteroatoms. The van der Waals surface area contributed by atoms with E-state index >= 15 is 0 Å². The van der Waals surface area contributed by atoms with Crippen molar-refractivity contribution in [2.24, 2.45) is 0 Å². The highest BCUT2D eigenvalue weighted by Crippen LogP contribution is 2.26. The van der Waals surface area contributed by atoms with Gasteiger partial charge in [-0.2, -0.15) is 0 Å². The number of benzene rings is 2. The van der Waals surface area contributed by atoms with Crippen LogP contribution in [0.5, 0.6) is 5.75 Å². The van der Waals surface area contributed by atoms with Crippen molar-refractivity contribution >= 4 is 11.6 Å². The fraction of sp³-hybridized carbons (Fsp3) is 0.250. The summed E-state index contributed by atoms with van der Waals surface area (Å²) in [5.41, 5.74) is 4.75. The van der Waals surface area contributed by atoms with Crippen molar-refractivity contribution in [2.45, 2.75) is 40.3 Å². The van der Waals surface area contributed by atoms with Crippen LogP contribution in [0.4, 0.5) is 5.69 Å². The minimum absolute atomic E-state index is 0.0319. The molecule has 0 unspecified atom stereocenters. The number of aromatic nitrogens is 1. The summed E-state index contributed by atoms with van der Waals surface area (Å²) in [5.74, 6) is 0.634. The van der Waals surface area contributed by atoms with Crippen molar-refractivity contribution in [3.63, 3.8) is 0 Å². The quantitative estimate of drug-likeness (QED) is 0.585. The first-order valence-corrected chi connectivity index (χ1v) is 9.48. The molecule has 0 radical (unpaired) electrons. The van der Waals surface area contributed by atoms with Crippen LogP contribution < -0.4 is 9.64 Å². The van der Waals surface area contributed by atoms with Crippen LogP contribution in [-0.4, -0.2) is 16.9 Å². The van der Waals surface area contributed by atoms with Crippen molar-refractivity contribution < 1.29 is 9.53 Å². The zero-order valence-electron chi connectivity index (χ0n) is 16.8. The van der Waals surface area contributed by atoms with E-state index in [0.717, 1.165) is 22.4 Å². The van der Waals surface area contributed by atoms with Crippen LogP contribution in [0.25, 0.3) is 0 Å². The molecule has 2 aromatic carbocycles. The fourth-order valence-electron chi connectivity index (χ4n) is 3.11. The van der Waals surface area contributed by atoms with Gasteiger partial charge in [0, 0.05) is 35.2 Å². The molecule has 0 N–H and O–H groups in total. The van der Waals surface area contributed by atoms with E-state index < -0.39 is 0 Å². The predicted octanol–water partition coefficient (Wildman–Crippen LogP) is 5.33. The molecule has 0 aliphatic rings. The van der Waals surface area contributed by atoms with Gasteiger partial charge in [0.05, 0.1) is 0 Å². The number of anilines is 1. The molecule has 1 heterocycles. The molecule has 0 fully saturated rings. The standard InChI is InChI=1S/C24H26N2O2/c1-17(2)26(23-13-18(3)10-11-19(23)4)24(27)21-8-5-9-22(14-21)28-16-20-7-6-12-25-15-20/h5-15,17H,16H2,1-4H3. The molecule has 0 aliphatic carbocycles. The Hall–Kier alpha value is -3.14. The van der Waals surface area contributed by atoms with E-state index in [0.29, 0.717) is 17.9 Å².